The molecule has 110 valence electrons. The molecule has 0 fully saturated rings. The number of ether oxygens (including phenoxy) is 1. The van der Waals surface area contributed by atoms with Crippen molar-refractivity contribution in [2.24, 2.45) is 0 Å². The first-order valence-electron chi connectivity index (χ1n) is 6.69. The predicted molar refractivity (Wildman–Crippen MR) is 89.5 cm³/mol. The van der Waals surface area contributed by atoms with Crippen molar-refractivity contribution in [2.75, 3.05) is 11.9 Å². The standard InChI is InChI=1S/C16H14Br2FNO/c1-9-6-12(18)13(19)8-15(9)20-14-4-5-21-16-3-2-10(17)7-11(14)16/h2-3,6-8,14,20H,4-5H2,1H3. The van der Waals surface area contributed by atoms with Gasteiger partial charge in [0.2, 0.25) is 0 Å². The molecule has 0 saturated heterocycles. The quantitative estimate of drug-likeness (QED) is 0.690. The molecule has 1 atom stereocenters. The fourth-order valence-corrected chi connectivity index (χ4v) is 3.34. The molecule has 1 N–H and O–H groups in total. The third kappa shape index (κ3) is 3.09. The molecule has 2 nitrogen and oxygen atoms in total. The summed E-state index contributed by atoms with van der Waals surface area (Å²) in [4.78, 5) is 0. The summed E-state index contributed by atoms with van der Waals surface area (Å²) in [5.41, 5.74) is 2.91. The third-order valence-corrected chi connectivity index (χ3v) is 4.71. The van der Waals surface area contributed by atoms with E-state index in [1.54, 1.807) is 6.07 Å². The minimum atomic E-state index is -0.260. The molecular weight excluding hydrogens is 401 g/mol. The van der Waals surface area contributed by atoms with Gasteiger partial charge in [-0.15, -0.1) is 0 Å². The lowest BCUT2D eigenvalue weighted by Gasteiger charge is -2.28. The lowest BCUT2D eigenvalue weighted by molar-refractivity contribution is 0.274. The molecule has 3 rings (SSSR count). The van der Waals surface area contributed by atoms with Crippen molar-refractivity contribution in [2.45, 2.75) is 19.4 Å². The van der Waals surface area contributed by atoms with Gasteiger partial charge in [-0.1, -0.05) is 15.9 Å². The molecule has 1 aliphatic heterocycles. The van der Waals surface area contributed by atoms with Crippen LogP contribution in [0.15, 0.2) is 39.3 Å². The van der Waals surface area contributed by atoms with Gasteiger partial charge in [-0.2, -0.15) is 0 Å². The zero-order valence-electron chi connectivity index (χ0n) is 11.4. The van der Waals surface area contributed by atoms with Crippen molar-refractivity contribution in [1.82, 2.24) is 0 Å². The minimum Gasteiger partial charge on any atom is -0.493 e. The highest BCUT2D eigenvalue weighted by atomic mass is 79.9. The number of fused-ring (bicyclic) bond motifs is 1. The highest BCUT2D eigenvalue weighted by Gasteiger charge is 2.22. The van der Waals surface area contributed by atoms with E-state index >= 15 is 0 Å². The summed E-state index contributed by atoms with van der Waals surface area (Å²) in [7, 11) is 0. The third-order valence-electron chi connectivity index (χ3n) is 3.61. The van der Waals surface area contributed by atoms with Crippen LogP contribution < -0.4 is 10.1 Å². The first kappa shape index (κ1) is 14.9. The number of nitrogens with one attached hydrogen (secondary N) is 1. The Morgan fingerprint density at radius 1 is 1.24 bits per heavy atom. The molecular formula is C16H14Br2FNO. The van der Waals surface area contributed by atoms with Crippen LogP contribution in [0.2, 0.25) is 0 Å². The Kier molecular flexibility index (Phi) is 4.22. The van der Waals surface area contributed by atoms with Crippen molar-refractivity contribution < 1.29 is 9.13 Å². The molecule has 0 amide bonds. The van der Waals surface area contributed by atoms with Crippen LogP contribution in [0, 0.1) is 12.7 Å². The van der Waals surface area contributed by atoms with Crippen LogP contribution in [0.3, 0.4) is 0 Å². The van der Waals surface area contributed by atoms with Crippen molar-refractivity contribution >= 4 is 37.5 Å². The highest BCUT2D eigenvalue weighted by Crippen LogP contribution is 2.37. The Balaban J connectivity index is 1.93. The fraction of sp³-hybridized carbons (Fsp3) is 0.250. The minimum absolute atomic E-state index is 0.116. The summed E-state index contributed by atoms with van der Waals surface area (Å²) >= 11 is 6.70. The van der Waals surface area contributed by atoms with Gasteiger partial charge in [0.1, 0.15) is 11.6 Å². The second-order valence-electron chi connectivity index (χ2n) is 5.10. The summed E-state index contributed by atoms with van der Waals surface area (Å²) in [6, 6.07) is 9.42. The predicted octanol–water partition coefficient (Wildman–Crippen LogP) is 5.59. The number of hydrogen-bond acceptors (Lipinski definition) is 2. The Hall–Kier alpha value is -1.07. The maximum atomic E-state index is 13.8. The molecule has 0 spiro atoms. The van der Waals surface area contributed by atoms with Crippen molar-refractivity contribution in [3.05, 3.63) is 56.2 Å². The van der Waals surface area contributed by atoms with Crippen LogP contribution in [0.1, 0.15) is 23.6 Å². The zero-order chi connectivity index (χ0) is 15.0. The molecule has 5 heteroatoms. The maximum absolute atomic E-state index is 13.8. The summed E-state index contributed by atoms with van der Waals surface area (Å²) in [6.45, 7) is 2.62. The second-order valence-corrected chi connectivity index (χ2v) is 6.87. The molecule has 0 aliphatic carbocycles. The van der Waals surface area contributed by atoms with Gasteiger partial charge in [0.15, 0.2) is 0 Å². The average molecular weight is 415 g/mol. The van der Waals surface area contributed by atoms with Crippen LogP contribution in [-0.4, -0.2) is 6.61 Å². The first-order valence-corrected chi connectivity index (χ1v) is 8.27. The number of anilines is 1. The van der Waals surface area contributed by atoms with Gasteiger partial charge in [0.05, 0.1) is 17.1 Å². The van der Waals surface area contributed by atoms with E-state index in [1.807, 2.05) is 19.1 Å². The molecule has 2 aromatic carbocycles. The van der Waals surface area contributed by atoms with Crippen LogP contribution >= 0.6 is 31.9 Å². The molecule has 0 radical (unpaired) electrons. The van der Waals surface area contributed by atoms with Crippen molar-refractivity contribution in [3.8, 4) is 5.75 Å². The molecule has 1 heterocycles. The molecule has 21 heavy (non-hydrogen) atoms. The van der Waals surface area contributed by atoms with Crippen LogP contribution in [0.5, 0.6) is 5.75 Å². The number of benzene rings is 2. The van der Waals surface area contributed by atoms with E-state index < -0.39 is 0 Å². The van der Waals surface area contributed by atoms with Gasteiger partial charge in [-0.3, -0.25) is 0 Å². The molecule has 1 aliphatic rings. The van der Waals surface area contributed by atoms with Gasteiger partial charge in [-0.05, 0) is 58.7 Å². The SMILES string of the molecule is Cc1cc(Br)c(F)cc1NC1CCOc2ccc(Br)cc21. The lowest BCUT2D eigenvalue weighted by atomic mass is 10.00. The second kappa shape index (κ2) is 5.97. The van der Waals surface area contributed by atoms with E-state index in [0.717, 1.165) is 33.5 Å². The fourth-order valence-electron chi connectivity index (χ4n) is 2.50. The molecule has 1 unspecified atom stereocenters. The Labute approximate surface area is 140 Å². The van der Waals surface area contributed by atoms with Gasteiger partial charge in [-0.25, -0.2) is 4.39 Å². The van der Waals surface area contributed by atoms with E-state index in [0.29, 0.717) is 11.1 Å². The van der Waals surface area contributed by atoms with Gasteiger partial charge >= 0.3 is 0 Å². The summed E-state index contributed by atoms with van der Waals surface area (Å²) in [5, 5.41) is 3.44. The lowest BCUT2D eigenvalue weighted by Crippen LogP contribution is -2.20. The largest absolute Gasteiger partial charge is 0.493 e. The topological polar surface area (TPSA) is 21.3 Å². The van der Waals surface area contributed by atoms with Crippen molar-refractivity contribution in [1.29, 1.82) is 0 Å². The molecule has 2 aromatic rings. The summed E-state index contributed by atoms with van der Waals surface area (Å²) in [5.74, 6) is 0.627. The number of rotatable bonds is 2. The molecule has 0 aromatic heterocycles. The van der Waals surface area contributed by atoms with E-state index in [2.05, 4.69) is 43.2 Å². The number of aryl methyl sites for hydroxylation is 1. The van der Waals surface area contributed by atoms with Crippen molar-refractivity contribution in [3.63, 3.8) is 0 Å². The number of hydrogen-bond donors (Lipinski definition) is 1. The van der Waals surface area contributed by atoms with Crippen LogP contribution in [-0.2, 0) is 0 Å². The maximum Gasteiger partial charge on any atom is 0.139 e. The van der Waals surface area contributed by atoms with Crippen LogP contribution in [0.25, 0.3) is 0 Å². The van der Waals surface area contributed by atoms with Gasteiger partial charge in [0.25, 0.3) is 0 Å². The monoisotopic (exact) mass is 413 g/mol. The van der Waals surface area contributed by atoms with E-state index in [9.17, 15) is 4.39 Å². The number of halogens is 3. The Morgan fingerprint density at radius 3 is 2.86 bits per heavy atom. The van der Waals surface area contributed by atoms with Gasteiger partial charge < -0.3 is 10.1 Å². The molecule has 0 bridgehead atoms. The van der Waals surface area contributed by atoms with E-state index in [-0.39, 0.29) is 11.9 Å². The summed E-state index contributed by atoms with van der Waals surface area (Å²) in [6.07, 6.45) is 0.848. The molecule has 0 saturated carbocycles. The summed E-state index contributed by atoms with van der Waals surface area (Å²) < 4.78 is 20.9. The van der Waals surface area contributed by atoms with Crippen LogP contribution in [0.4, 0.5) is 10.1 Å². The van der Waals surface area contributed by atoms with E-state index in [4.69, 9.17) is 4.74 Å². The first-order chi connectivity index (χ1) is 10.0. The normalized spacial score (nSPS) is 17.0. The smallest absolute Gasteiger partial charge is 0.139 e. The Morgan fingerprint density at radius 2 is 2.05 bits per heavy atom. The highest BCUT2D eigenvalue weighted by molar-refractivity contribution is 9.10. The van der Waals surface area contributed by atoms with Gasteiger partial charge in [0, 0.05) is 22.1 Å². The average Bonchev–Trinajstić information content (AvgIpc) is 2.45. The van der Waals surface area contributed by atoms with E-state index in [1.165, 1.54) is 6.07 Å². The Bertz CT molecular complexity index is 690. The zero-order valence-corrected chi connectivity index (χ0v) is 14.6.